The Hall–Kier alpha value is -0.600. The van der Waals surface area contributed by atoms with Gasteiger partial charge in [0.25, 0.3) is 0 Å². The first-order chi connectivity index (χ1) is 6.02. The first kappa shape index (κ1) is 10.5. The quantitative estimate of drug-likeness (QED) is 0.490. The Labute approximate surface area is 79.7 Å². The third kappa shape index (κ3) is 2.42. The maximum Gasteiger partial charge on any atom is 0.216 e. The highest BCUT2D eigenvalue weighted by molar-refractivity contribution is 4.80. The second kappa shape index (κ2) is 4.07. The Balaban J connectivity index is 2.66. The van der Waals surface area contributed by atoms with Gasteiger partial charge >= 0.3 is 0 Å². The Morgan fingerprint density at radius 1 is 1.38 bits per heavy atom. The van der Waals surface area contributed by atoms with E-state index in [1.807, 2.05) is 0 Å². The van der Waals surface area contributed by atoms with Crippen LogP contribution in [0.5, 0.6) is 0 Å². The maximum atomic E-state index is 10.8. The minimum absolute atomic E-state index is 0.0691. The van der Waals surface area contributed by atoms with Crippen LogP contribution in [0, 0.1) is 27.9 Å². The summed E-state index contributed by atoms with van der Waals surface area (Å²) in [5.41, 5.74) is 0. The molecule has 0 spiro atoms. The van der Waals surface area contributed by atoms with Gasteiger partial charge in [0.2, 0.25) is 6.04 Å². The first-order valence-electron chi connectivity index (χ1n) is 5.16. The van der Waals surface area contributed by atoms with Crippen LogP contribution >= 0.6 is 0 Å². The monoisotopic (exact) mass is 185 g/mol. The van der Waals surface area contributed by atoms with E-state index in [2.05, 4.69) is 20.8 Å². The molecule has 76 valence electrons. The van der Waals surface area contributed by atoms with Gasteiger partial charge in [-0.1, -0.05) is 20.8 Å². The van der Waals surface area contributed by atoms with Crippen LogP contribution in [0.25, 0.3) is 0 Å². The molecular weight excluding hydrogens is 166 g/mol. The number of rotatable bonds is 2. The van der Waals surface area contributed by atoms with Crippen molar-refractivity contribution in [3.05, 3.63) is 10.1 Å². The molecule has 0 aromatic rings. The second-order valence-electron chi connectivity index (χ2n) is 4.68. The van der Waals surface area contributed by atoms with Gasteiger partial charge in [-0.25, -0.2) is 0 Å². The summed E-state index contributed by atoms with van der Waals surface area (Å²) in [5.74, 6) is 1.28. The van der Waals surface area contributed by atoms with Crippen molar-refractivity contribution in [2.45, 2.75) is 46.1 Å². The smallest absolute Gasteiger partial charge is 0.216 e. The largest absolute Gasteiger partial charge is 0.264 e. The average Bonchev–Trinajstić information content (AvgIpc) is 2.03. The Morgan fingerprint density at radius 2 is 2.00 bits per heavy atom. The fraction of sp³-hybridized carbons (Fsp3) is 1.00. The lowest BCUT2D eigenvalue weighted by Gasteiger charge is -2.31. The Bertz CT molecular complexity index is 191. The maximum absolute atomic E-state index is 10.8. The third-order valence-corrected chi connectivity index (χ3v) is 3.26. The molecule has 0 aliphatic heterocycles. The van der Waals surface area contributed by atoms with Gasteiger partial charge < -0.3 is 0 Å². The molecule has 3 atom stereocenters. The summed E-state index contributed by atoms with van der Waals surface area (Å²) in [7, 11) is 0. The van der Waals surface area contributed by atoms with Crippen molar-refractivity contribution in [1.29, 1.82) is 0 Å². The fourth-order valence-corrected chi connectivity index (χ4v) is 2.39. The molecule has 3 nitrogen and oxygen atoms in total. The molecule has 1 saturated carbocycles. The molecule has 3 heteroatoms. The number of hydrogen-bond acceptors (Lipinski definition) is 2. The van der Waals surface area contributed by atoms with Crippen molar-refractivity contribution < 1.29 is 4.92 Å². The van der Waals surface area contributed by atoms with Gasteiger partial charge in [-0.15, -0.1) is 0 Å². The lowest BCUT2D eigenvalue weighted by atomic mass is 9.74. The van der Waals surface area contributed by atoms with Crippen LogP contribution < -0.4 is 0 Å². The highest BCUT2D eigenvalue weighted by Crippen LogP contribution is 2.34. The van der Waals surface area contributed by atoms with Crippen molar-refractivity contribution in [3.63, 3.8) is 0 Å². The fourth-order valence-electron chi connectivity index (χ4n) is 2.39. The number of hydrogen-bond donors (Lipinski definition) is 0. The average molecular weight is 185 g/mol. The zero-order chi connectivity index (χ0) is 10.0. The second-order valence-corrected chi connectivity index (χ2v) is 4.68. The molecule has 0 bridgehead atoms. The van der Waals surface area contributed by atoms with Crippen molar-refractivity contribution in [3.8, 4) is 0 Å². The van der Waals surface area contributed by atoms with Gasteiger partial charge in [0.05, 0.1) is 0 Å². The summed E-state index contributed by atoms with van der Waals surface area (Å²) in [6.45, 7) is 6.31. The van der Waals surface area contributed by atoms with Crippen LogP contribution in [0.15, 0.2) is 0 Å². The normalized spacial score (nSPS) is 34.9. The van der Waals surface area contributed by atoms with E-state index in [4.69, 9.17) is 0 Å². The number of nitrogens with zero attached hydrogens (tertiary/aromatic N) is 1. The van der Waals surface area contributed by atoms with Crippen LogP contribution in [0.1, 0.15) is 40.0 Å². The standard InChI is InChI=1S/C10H19NO2/c1-7(2)9-5-4-8(3)6-10(9)11(12)13/h7-10H,4-6H2,1-3H3. The molecule has 0 aromatic carbocycles. The molecule has 0 saturated heterocycles. The summed E-state index contributed by atoms with van der Waals surface area (Å²) < 4.78 is 0. The van der Waals surface area contributed by atoms with Gasteiger partial charge in [-0.05, 0) is 24.7 Å². The molecule has 1 fully saturated rings. The molecule has 3 unspecified atom stereocenters. The predicted molar refractivity (Wildman–Crippen MR) is 52.1 cm³/mol. The minimum Gasteiger partial charge on any atom is -0.264 e. The van der Waals surface area contributed by atoms with Crippen molar-refractivity contribution in [1.82, 2.24) is 0 Å². The van der Waals surface area contributed by atoms with Crippen molar-refractivity contribution in [2.75, 3.05) is 0 Å². The Morgan fingerprint density at radius 3 is 2.46 bits per heavy atom. The zero-order valence-corrected chi connectivity index (χ0v) is 8.69. The van der Waals surface area contributed by atoms with Gasteiger partial charge in [-0.2, -0.15) is 0 Å². The van der Waals surface area contributed by atoms with E-state index >= 15 is 0 Å². The molecule has 0 aromatic heterocycles. The summed E-state index contributed by atoms with van der Waals surface area (Å²) in [4.78, 5) is 10.8. The molecule has 1 aliphatic carbocycles. The van der Waals surface area contributed by atoms with Gasteiger partial charge in [0.1, 0.15) is 0 Å². The molecule has 0 radical (unpaired) electrons. The minimum atomic E-state index is -0.288. The van der Waals surface area contributed by atoms with Crippen LogP contribution in [0.4, 0.5) is 0 Å². The van der Waals surface area contributed by atoms with Crippen molar-refractivity contribution in [2.24, 2.45) is 17.8 Å². The zero-order valence-electron chi connectivity index (χ0n) is 8.69. The van der Waals surface area contributed by atoms with Gasteiger partial charge in [0, 0.05) is 17.3 Å². The molecule has 1 aliphatic rings. The first-order valence-corrected chi connectivity index (χ1v) is 5.16. The Kier molecular flexibility index (Phi) is 3.28. The van der Waals surface area contributed by atoms with Gasteiger partial charge in [-0.3, -0.25) is 10.1 Å². The van der Waals surface area contributed by atoms with E-state index in [9.17, 15) is 10.1 Å². The lowest BCUT2D eigenvalue weighted by molar-refractivity contribution is -0.539. The lowest BCUT2D eigenvalue weighted by Crippen LogP contribution is -2.37. The van der Waals surface area contributed by atoms with Crippen LogP contribution in [-0.4, -0.2) is 11.0 Å². The van der Waals surface area contributed by atoms with Crippen LogP contribution in [0.2, 0.25) is 0 Å². The van der Waals surface area contributed by atoms with Crippen molar-refractivity contribution >= 4 is 0 Å². The molecule has 0 heterocycles. The van der Waals surface area contributed by atoms with Gasteiger partial charge in [0.15, 0.2) is 0 Å². The van der Waals surface area contributed by atoms with Crippen LogP contribution in [-0.2, 0) is 0 Å². The molecular formula is C10H19NO2. The van der Waals surface area contributed by atoms with E-state index in [1.165, 1.54) is 0 Å². The summed E-state index contributed by atoms with van der Waals surface area (Å²) in [6, 6.07) is -0.288. The summed E-state index contributed by atoms with van der Waals surface area (Å²) >= 11 is 0. The van der Waals surface area contributed by atoms with E-state index in [1.54, 1.807) is 0 Å². The van der Waals surface area contributed by atoms with E-state index in [0.29, 0.717) is 17.8 Å². The number of nitro groups is 1. The van der Waals surface area contributed by atoms with Crippen LogP contribution in [0.3, 0.4) is 0 Å². The van der Waals surface area contributed by atoms with E-state index in [0.717, 1.165) is 19.3 Å². The SMILES string of the molecule is CC1CCC(C(C)C)C([N+](=O)[O-])C1. The van der Waals surface area contributed by atoms with E-state index < -0.39 is 0 Å². The molecule has 0 amide bonds. The molecule has 13 heavy (non-hydrogen) atoms. The topological polar surface area (TPSA) is 43.1 Å². The predicted octanol–water partition coefficient (Wildman–Crippen LogP) is 2.72. The highest BCUT2D eigenvalue weighted by Gasteiger charge is 2.38. The molecule has 1 rings (SSSR count). The summed E-state index contributed by atoms with van der Waals surface area (Å²) in [6.07, 6.45) is 2.97. The molecule has 0 N–H and O–H groups in total. The summed E-state index contributed by atoms with van der Waals surface area (Å²) in [5, 5.41) is 10.8. The van der Waals surface area contributed by atoms with E-state index in [-0.39, 0.29) is 11.0 Å². The highest BCUT2D eigenvalue weighted by atomic mass is 16.6. The third-order valence-electron chi connectivity index (χ3n) is 3.26.